The number of carboxylic acid groups (broad SMARTS) is 1. The molecular weight excluding hydrogens is 406 g/mol. The van der Waals surface area contributed by atoms with E-state index < -0.39 is 12.0 Å². The van der Waals surface area contributed by atoms with Crippen molar-refractivity contribution in [1.82, 2.24) is 5.32 Å². The Labute approximate surface area is 188 Å². The molecule has 0 aliphatic heterocycles. The molecule has 0 saturated heterocycles. The van der Waals surface area contributed by atoms with Gasteiger partial charge in [0, 0.05) is 18.7 Å². The maximum Gasteiger partial charge on any atom is 0.320 e. The van der Waals surface area contributed by atoms with Crippen LogP contribution in [0.2, 0.25) is 0 Å². The van der Waals surface area contributed by atoms with Crippen molar-refractivity contribution in [3.8, 4) is 28.4 Å². The summed E-state index contributed by atoms with van der Waals surface area (Å²) in [4.78, 5) is 11.1. The van der Waals surface area contributed by atoms with Gasteiger partial charge in [-0.15, -0.1) is 0 Å². The molecule has 0 amide bonds. The van der Waals surface area contributed by atoms with Crippen LogP contribution in [0.5, 0.6) is 17.2 Å². The Kier molecular flexibility index (Phi) is 7.73. The fourth-order valence-corrected chi connectivity index (χ4v) is 3.49. The van der Waals surface area contributed by atoms with Crippen LogP contribution in [0.25, 0.3) is 11.1 Å². The van der Waals surface area contributed by atoms with Crippen LogP contribution in [-0.2, 0) is 17.9 Å². The van der Waals surface area contributed by atoms with Crippen molar-refractivity contribution in [2.24, 2.45) is 0 Å². The number of aliphatic carboxylic acids is 1. The van der Waals surface area contributed by atoms with Crippen LogP contribution in [0.3, 0.4) is 0 Å². The quantitative estimate of drug-likeness (QED) is 0.475. The standard InChI is InChI=1S/C26H29NO5/c1-17-20(11-8-12-22(17)19-9-6-5-7-10-19)16-32-21-13-24(30-3)23(25(14-21)31-4)15-27-18(2)26(28)29/h5-14,18,27H,15-16H2,1-4H3,(H,28,29)/t18-/m1/s1. The first-order valence-corrected chi connectivity index (χ1v) is 10.4. The Bertz CT molecular complexity index is 1040. The Balaban J connectivity index is 1.80. The van der Waals surface area contributed by atoms with E-state index in [-0.39, 0.29) is 0 Å². The summed E-state index contributed by atoms with van der Waals surface area (Å²) in [6.45, 7) is 4.37. The number of ether oxygens (including phenoxy) is 3. The average molecular weight is 436 g/mol. The minimum atomic E-state index is -0.920. The van der Waals surface area contributed by atoms with Crippen molar-refractivity contribution in [2.45, 2.75) is 33.0 Å². The van der Waals surface area contributed by atoms with Gasteiger partial charge in [0.15, 0.2) is 0 Å². The largest absolute Gasteiger partial charge is 0.496 e. The van der Waals surface area contributed by atoms with Crippen molar-refractivity contribution in [3.63, 3.8) is 0 Å². The summed E-state index contributed by atoms with van der Waals surface area (Å²) in [6, 6.07) is 19.4. The number of carboxylic acids is 1. The molecule has 3 aromatic rings. The van der Waals surface area contributed by atoms with Crippen molar-refractivity contribution >= 4 is 5.97 Å². The molecule has 0 fully saturated rings. The lowest BCUT2D eigenvalue weighted by atomic mass is 9.97. The third-order valence-electron chi connectivity index (χ3n) is 5.46. The summed E-state index contributed by atoms with van der Waals surface area (Å²) in [6.07, 6.45) is 0. The van der Waals surface area contributed by atoms with Gasteiger partial charge in [-0.05, 0) is 36.1 Å². The monoisotopic (exact) mass is 435 g/mol. The van der Waals surface area contributed by atoms with Crippen molar-refractivity contribution in [3.05, 3.63) is 77.4 Å². The normalized spacial score (nSPS) is 11.6. The molecule has 6 nitrogen and oxygen atoms in total. The average Bonchev–Trinajstić information content (AvgIpc) is 2.82. The van der Waals surface area contributed by atoms with Crippen LogP contribution in [0.4, 0.5) is 0 Å². The van der Waals surface area contributed by atoms with Crippen molar-refractivity contribution in [1.29, 1.82) is 0 Å². The second-order valence-electron chi connectivity index (χ2n) is 7.49. The fraction of sp³-hybridized carbons (Fsp3) is 0.269. The molecule has 0 radical (unpaired) electrons. The predicted octanol–water partition coefficient (Wildman–Crippen LogP) is 4.82. The molecule has 0 heterocycles. The highest BCUT2D eigenvalue weighted by Crippen LogP contribution is 2.35. The van der Waals surface area contributed by atoms with E-state index in [0.717, 1.165) is 11.1 Å². The Morgan fingerprint density at radius 3 is 2.25 bits per heavy atom. The van der Waals surface area contributed by atoms with Crippen LogP contribution in [0.1, 0.15) is 23.6 Å². The Morgan fingerprint density at radius 2 is 1.66 bits per heavy atom. The molecular formula is C26H29NO5. The minimum absolute atomic E-state index is 0.290. The summed E-state index contributed by atoms with van der Waals surface area (Å²) in [5.74, 6) is 0.827. The van der Waals surface area contributed by atoms with Gasteiger partial charge >= 0.3 is 5.97 Å². The van der Waals surface area contributed by atoms with E-state index in [2.05, 4.69) is 36.5 Å². The topological polar surface area (TPSA) is 77.0 Å². The second-order valence-corrected chi connectivity index (χ2v) is 7.49. The summed E-state index contributed by atoms with van der Waals surface area (Å²) in [5.41, 5.74) is 5.34. The fourth-order valence-electron chi connectivity index (χ4n) is 3.49. The van der Waals surface area contributed by atoms with E-state index >= 15 is 0 Å². The zero-order chi connectivity index (χ0) is 23.1. The van der Waals surface area contributed by atoms with Crippen LogP contribution in [-0.4, -0.2) is 31.3 Å². The molecule has 0 aliphatic carbocycles. The maximum absolute atomic E-state index is 11.1. The third kappa shape index (κ3) is 5.39. The molecule has 2 N–H and O–H groups in total. The lowest BCUT2D eigenvalue weighted by Gasteiger charge is -2.18. The first kappa shape index (κ1) is 23.2. The van der Waals surface area contributed by atoms with Gasteiger partial charge in [0.25, 0.3) is 0 Å². The number of methoxy groups -OCH3 is 2. The number of carbonyl (C=O) groups is 1. The minimum Gasteiger partial charge on any atom is -0.496 e. The molecule has 168 valence electrons. The van der Waals surface area contributed by atoms with Gasteiger partial charge < -0.3 is 24.6 Å². The smallest absolute Gasteiger partial charge is 0.320 e. The number of rotatable bonds is 10. The van der Waals surface area contributed by atoms with E-state index in [0.29, 0.717) is 30.4 Å². The highest BCUT2D eigenvalue weighted by atomic mass is 16.5. The second kappa shape index (κ2) is 10.7. The molecule has 1 atom stereocenters. The van der Waals surface area contributed by atoms with Crippen LogP contribution in [0.15, 0.2) is 60.7 Å². The van der Waals surface area contributed by atoms with Gasteiger partial charge in [0.2, 0.25) is 0 Å². The van der Waals surface area contributed by atoms with Crippen LogP contribution >= 0.6 is 0 Å². The van der Waals surface area contributed by atoms with E-state index in [9.17, 15) is 4.79 Å². The third-order valence-corrected chi connectivity index (χ3v) is 5.46. The summed E-state index contributed by atoms with van der Waals surface area (Å²) >= 11 is 0. The van der Waals surface area contributed by atoms with Gasteiger partial charge in [0.05, 0.1) is 19.8 Å². The Hall–Kier alpha value is -3.51. The summed E-state index contributed by atoms with van der Waals surface area (Å²) in [5, 5.41) is 12.1. The van der Waals surface area contributed by atoms with E-state index in [1.807, 2.05) is 24.3 Å². The van der Waals surface area contributed by atoms with Gasteiger partial charge in [-0.3, -0.25) is 4.79 Å². The van der Waals surface area contributed by atoms with Gasteiger partial charge in [-0.2, -0.15) is 0 Å². The number of nitrogens with one attached hydrogen (secondary N) is 1. The zero-order valence-electron chi connectivity index (χ0n) is 18.8. The molecule has 0 saturated carbocycles. The first-order chi connectivity index (χ1) is 15.4. The van der Waals surface area contributed by atoms with E-state index in [1.165, 1.54) is 16.7 Å². The highest BCUT2D eigenvalue weighted by Gasteiger charge is 2.17. The maximum atomic E-state index is 11.1. The highest BCUT2D eigenvalue weighted by molar-refractivity contribution is 5.73. The molecule has 32 heavy (non-hydrogen) atoms. The number of hydrogen-bond acceptors (Lipinski definition) is 5. The molecule has 3 aromatic carbocycles. The molecule has 0 spiro atoms. The van der Waals surface area contributed by atoms with E-state index in [4.69, 9.17) is 19.3 Å². The van der Waals surface area contributed by atoms with Crippen LogP contribution < -0.4 is 19.5 Å². The number of hydrogen-bond donors (Lipinski definition) is 2. The summed E-state index contributed by atoms with van der Waals surface area (Å²) < 4.78 is 17.1. The number of benzene rings is 3. The lowest BCUT2D eigenvalue weighted by molar-refractivity contribution is -0.139. The molecule has 0 bridgehead atoms. The predicted molar refractivity (Wildman–Crippen MR) is 124 cm³/mol. The van der Waals surface area contributed by atoms with Crippen molar-refractivity contribution < 1.29 is 24.1 Å². The SMILES string of the molecule is COc1cc(OCc2cccc(-c3ccccc3)c2C)cc(OC)c1CN[C@H](C)C(=O)O. The van der Waals surface area contributed by atoms with Gasteiger partial charge in [0.1, 0.15) is 29.9 Å². The molecule has 0 aromatic heterocycles. The zero-order valence-corrected chi connectivity index (χ0v) is 18.8. The molecule has 0 unspecified atom stereocenters. The van der Waals surface area contributed by atoms with Crippen molar-refractivity contribution in [2.75, 3.05) is 14.2 Å². The Morgan fingerprint density at radius 1 is 1.00 bits per heavy atom. The van der Waals surface area contributed by atoms with Gasteiger partial charge in [-0.25, -0.2) is 0 Å². The van der Waals surface area contributed by atoms with Crippen LogP contribution in [0, 0.1) is 6.92 Å². The molecule has 6 heteroatoms. The van der Waals surface area contributed by atoms with E-state index in [1.54, 1.807) is 33.3 Å². The van der Waals surface area contributed by atoms with Gasteiger partial charge in [-0.1, -0.05) is 48.5 Å². The lowest BCUT2D eigenvalue weighted by Crippen LogP contribution is -2.33. The summed E-state index contributed by atoms with van der Waals surface area (Å²) in [7, 11) is 3.13. The molecule has 0 aliphatic rings. The first-order valence-electron chi connectivity index (χ1n) is 10.4. The molecule has 3 rings (SSSR count).